The third-order valence-corrected chi connectivity index (χ3v) is 2.27. The van der Waals surface area contributed by atoms with E-state index in [4.69, 9.17) is 4.42 Å². The van der Waals surface area contributed by atoms with Crippen LogP contribution in [0.25, 0.3) is 11.0 Å². The van der Waals surface area contributed by atoms with Gasteiger partial charge >= 0.3 is 6.18 Å². The summed E-state index contributed by atoms with van der Waals surface area (Å²) in [7, 11) is 0. The van der Waals surface area contributed by atoms with Gasteiger partial charge in [-0.2, -0.15) is 13.2 Å². The molecule has 2 rings (SSSR count). The van der Waals surface area contributed by atoms with Crippen molar-refractivity contribution < 1.29 is 17.6 Å². The van der Waals surface area contributed by atoms with Crippen LogP contribution in [0.5, 0.6) is 0 Å². The van der Waals surface area contributed by atoms with Gasteiger partial charge in [-0.05, 0) is 25.1 Å². The van der Waals surface area contributed by atoms with Crippen LogP contribution in [0.3, 0.4) is 0 Å². The molecule has 0 saturated carbocycles. The molecule has 2 aromatic rings. The molecule has 0 unspecified atom stereocenters. The molecule has 0 saturated heterocycles. The Bertz CT molecular complexity index is 596. The molecule has 5 heteroatoms. The van der Waals surface area contributed by atoms with E-state index in [9.17, 15) is 18.0 Å². The summed E-state index contributed by atoms with van der Waals surface area (Å²) in [6, 6.07) is 2.85. The third-order valence-electron chi connectivity index (χ3n) is 2.27. The molecule has 16 heavy (non-hydrogen) atoms. The molecule has 1 heterocycles. The maximum absolute atomic E-state index is 12.4. The minimum Gasteiger partial charge on any atom is -0.464 e. The van der Waals surface area contributed by atoms with Gasteiger partial charge in [-0.25, -0.2) is 0 Å². The van der Waals surface area contributed by atoms with Crippen LogP contribution in [0.15, 0.2) is 33.7 Å². The molecule has 0 aliphatic rings. The average molecular weight is 228 g/mol. The van der Waals surface area contributed by atoms with Gasteiger partial charge in [-0.15, -0.1) is 0 Å². The molecule has 1 aromatic heterocycles. The Hall–Kier alpha value is -1.78. The van der Waals surface area contributed by atoms with Gasteiger partial charge in [0.15, 0.2) is 5.43 Å². The summed E-state index contributed by atoms with van der Waals surface area (Å²) in [6.07, 6.45) is -3.22. The van der Waals surface area contributed by atoms with Gasteiger partial charge in [-0.3, -0.25) is 4.79 Å². The number of hydrogen-bond donors (Lipinski definition) is 0. The Labute approximate surface area is 88.3 Å². The first-order valence-corrected chi connectivity index (χ1v) is 4.49. The van der Waals surface area contributed by atoms with Gasteiger partial charge < -0.3 is 4.42 Å². The van der Waals surface area contributed by atoms with E-state index in [-0.39, 0.29) is 16.5 Å². The van der Waals surface area contributed by atoms with Crippen molar-refractivity contribution in [2.45, 2.75) is 13.1 Å². The van der Waals surface area contributed by atoms with Crippen LogP contribution < -0.4 is 5.43 Å². The van der Waals surface area contributed by atoms with E-state index in [0.29, 0.717) is 0 Å². The fourth-order valence-electron chi connectivity index (χ4n) is 1.40. The van der Waals surface area contributed by atoms with Crippen molar-refractivity contribution in [3.63, 3.8) is 0 Å². The average Bonchev–Trinajstić information content (AvgIpc) is 2.22. The molecule has 0 atom stereocenters. The zero-order valence-electron chi connectivity index (χ0n) is 8.26. The fraction of sp³-hybridized carbons (Fsp3) is 0.182. The van der Waals surface area contributed by atoms with Crippen molar-refractivity contribution in [3.05, 3.63) is 45.8 Å². The second-order valence-electron chi connectivity index (χ2n) is 3.46. The highest BCUT2D eigenvalue weighted by molar-refractivity contribution is 5.77. The minimum atomic E-state index is -4.45. The Morgan fingerprint density at radius 1 is 1.25 bits per heavy atom. The summed E-state index contributed by atoms with van der Waals surface area (Å²) in [5.74, 6) is 0. The lowest BCUT2D eigenvalue weighted by molar-refractivity contribution is -0.137. The minimum absolute atomic E-state index is 0.0465. The van der Waals surface area contributed by atoms with Crippen molar-refractivity contribution >= 4 is 11.0 Å². The van der Waals surface area contributed by atoms with Crippen LogP contribution in [-0.2, 0) is 6.18 Å². The second-order valence-corrected chi connectivity index (χ2v) is 3.46. The van der Waals surface area contributed by atoms with E-state index in [2.05, 4.69) is 0 Å². The third kappa shape index (κ3) is 1.68. The lowest BCUT2D eigenvalue weighted by Crippen LogP contribution is -2.08. The van der Waals surface area contributed by atoms with E-state index < -0.39 is 17.2 Å². The monoisotopic (exact) mass is 228 g/mol. The van der Waals surface area contributed by atoms with Crippen molar-refractivity contribution in [1.29, 1.82) is 0 Å². The molecule has 0 aliphatic heterocycles. The molecular formula is C11H7F3O2. The standard InChI is InChI=1S/C11H7F3O2/c1-6-5-16-9-3-2-7(11(12,13)14)4-8(9)10(6)15/h2-5H,1H3. The Balaban J connectivity index is 2.79. The predicted octanol–water partition coefficient (Wildman–Crippen LogP) is 3.12. The first-order chi connectivity index (χ1) is 7.39. The van der Waals surface area contributed by atoms with Crippen molar-refractivity contribution in [2.75, 3.05) is 0 Å². The molecule has 0 aliphatic carbocycles. The van der Waals surface area contributed by atoms with Crippen molar-refractivity contribution in [2.24, 2.45) is 0 Å². The summed E-state index contributed by atoms with van der Waals surface area (Å²) in [4.78, 5) is 11.6. The zero-order valence-corrected chi connectivity index (χ0v) is 8.26. The number of fused-ring (bicyclic) bond motifs is 1. The highest BCUT2D eigenvalue weighted by Gasteiger charge is 2.30. The summed E-state index contributed by atoms with van der Waals surface area (Å²) in [6.45, 7) is 1.49. The number of rotatable bonds is 0. The summed E-state index contributed by atoms with van der Waals surface area (Å²) >= 11 is 0. The van der Waals surface area contributed by atoms with Gasteiger partial charge in [-0.1, -0.05) is 0 Å². The predicted molar refractivity (Wildman–Crippen MR) is 52.2 cm³/mol. The van der Waals surface area contributed by atoms with Gasteiger partial charge in [0.2, 0.25) is 0 Å². The van der Waals surface area contributed by atoms with Crippen LogP contribution in [-0.4, -0.2) is 0 Å². The molecule has 0 spiro atoms. The number of alkyl halides is 3. The van der Waals surface area contributed by atoms with Gasteiger partial charge in [0, 0.05) is 5.56 Å². The topological polar surface area (TPSA) is 30.2 Å². The lowest BCUT2D eigenvalue weighted by atomic mass is 10.1. The molecule has 84 valence electrons. The lowest BCUT2D eigenvalue weighted by Gasteiger charge is -2.06. The van der Waals surface area contributed by atoms with Gasteiger partial charge in [0.25, 0.3) is 0 Å². The molecular weight excluding hydrogens is 221 g/mol. The van der Waals surface area contributed by atoms with E-state index >= 15 is 0 Å². The van der Waals surface area contributed by atoms with Crippen molar-refractivity contribution in [3.8, 4) is 0 Å². The maximum Gasteiger partial charge on any atom is 0.416 e. The molecule has 0 N–H and O–H groups in total. The van der Waals surface area contributed by atoms with Gasteiger partial charge in [0.05, 0.1) is 17.2 Å². The van der Waals surface area contributed by atoms with E-state index in [1.807, 2.05) is 0 Å². The Kier molecular flexibility index (Phi) is 2.26. The van der Waals surface area contributed by atoms with Crippen LogP contribution >= 0.6 is 0 Å². The fourth-order valence-corrected chi connectivity index (χ4v) is 1.40. The smallest absolute Gasteiger partial charge is 0.416 e. The van der Waals surface area contributed by atoms with Crippen LogP contribution in [0.1, 0.15) is 11.1 Å². The first kappa shape index (κ1) is 10.7. The first-order valence-electron chi connectivity index (χ1n) is 4.49. The number of benzene rings is 1. The van der Waals surface area contributed by atoms with E-state index in [0.717, 1.165) is 18.2 Å². The summed E-state index contributed by atoms with van der Waals surface area (Å²) in [5, 5.41) is -0.0465. The quantitative estimate of drug-likeness (QED) is 0.693. The van der Waals surface area contributed by atoms with Crippen LogP contribution in [0, 0.1) is 6.92 Å². The molecule has 0 amide bonds. The molecule has 1 aromatic carbocycles. The van der Waals surface area contributed by atoms with Gasteiger partial charge in [0.1, 0.15) is 5.58 Å². The molecule has 0 fully saturated rings. The SMILES string of the molecule is Cc1coc2ccc(C(F)(F)F)cc2c1=O. The molecule has 0 bridgehead atoms. The Morgan fingerprint density at radius 2 is 1.94 bits per heavy atom. The maximum atomic E-state index is 12.4. The van der Waals surface area contributed by atoms with Crippen LogP contribution in [0.2, 0.25) is 0 Å². The highest BCUT2D eigenvalue weighted by atomic mass is 19.4. The number of hydrogen-bond acceptors (Lipinski definition) is 2. The molecule has 0 radical (unpaired) electrons. The normalized spacial score (nSPS) is 12.0. The van der Waals surface area contributed by atoms with E-state index in [1.165, 1.54) is 13.2 Å². The zero-order chi connectivity index (χ0) is 11.9. The highest BCUT2D eigenvalue weighted by Crippen LogP contribution is 2.30. The Morgan fingerprint density at radius 3 is 2.56 bits per heavy atom. The van der Waals surface area contributed by atoms with Crippen molar-refractivity contribution in [1.82, 2.24) is 0 Å². The summed E-state index contributed by atoms with van der Waals surface area (Å²) < 4.78 is 42.3. The van der Waals surface area contributed by atoms with E-state index in [1.54, 1.807) is 0 Å². The number of halogens is 3. The number of aryl methyl sites for hydroxylation is 1. The van der Waals surface area contributed by atoms with Crippen LogP contribution in [0.4, 0.5) is 13.2 Å². The summed E-state index contributed by atoms with van der Waals surface area (Å²) in [5.41, 5.74) is -0.847. The molecule has 2 nitrogen and oxygen atoms in total. The largest absolute Gasteiger partial charge is 0.464 e. The second kappa shape index (κ2) is 3.37.